The lowest BCUT2D eigenvalue weighted by Gasteiger charge is -2.20. The summed E-state index contributed by atoms with van der Waals surface area (Å²) in [6.45, 7) is 0.897. The average Bonchev–Trinajstić information content (AvgIpc) is 3.07. The van der Waals surface area contributed by atoms with Gasteiger partial charge in [-0.2, -0.15) is 0 Å². The summed E-state index contributed by atoms with van der Waals surface area (Å²) in [6, 6.07) is 17.6. The molecule has 2 nitrogen and oxygen atoms in total. The van der Waals surface area contributed by atoms with Crippen LogP contribution in [-0.2, 0) is 0 Å². The van der Waals surface area contributed by atoms with Gasteiger partial charge in [0.25, 0.3) is 0 Å². The van der Waals surface area contributed by atoms with Gasteiger partial charge in [0.05, 0.1) is 12.1 Å². The van der Waals surface area contributed by atoms with E-state index in [4.69, 9.17) is 0 Å². The molecule has 1 fully saturated rings. The zero-order valence-electron chi connectivity index (χ0n) is 12.1. The summed E-state index contributed by atoms with van der Waals surface area (Å²) in [5.74, 6) is 0.407. The van der Waals surface area contributed by atoms with E-state index in [1.807, 2.05) is 0 Å². The Morgan fingerprint density at radius 1 is 0.905 bits per heavy atom. The van der Waals surface area contributed by atoms with Crippen LogP contribution in [0.15, 0.2) is 48.5 Å². The van der Waals surface area contributed by atoms with Crippen molar-refractivity contribution >= 4 is 0 Å². The molecular formula is C19H21NO. The van der Waals surface area contributed by atoms with Crippen LogP contribution >= 0.6 is 0 Å². The molecule has 2 aromatic rings. The van der Waals surface area contributed by atoms with Crippen molar-refractivity contribution in [3.63, 3.8) is 0 Å². The van der Waals surface area contributed by atoms with Gasteiger partial charge in [-0.1, -0.05) is 55.0 Å². The van der Waals surface area contributed by atoms with Crippen LogP contribution in [0.3, 0.4) is 0 Å². The Balaban J connectivity index is 1.62. The lowest BCUT2D eigenvalue weighted by Crippen LogP contribution is -2.30. The second kappa shape index (κ2) is 5.28. The van der Waals surface area contributed by atoms with Gasteiger partial charge < -0.3 is 10.4 Å². The van der Waals surface area contributed by atoms with Gasteiger partial charge in [-0.25, -0.2) is 0 Å². The van der Waals surface area contributed by atoms with E-state index < -0.39 is 0 Å². The first-order chi connectivity index (χ1) is 10.3. The minimum Gasteiger partial charge on any atom is -0.393 e. The number of aliphatic hydroxyl groups is 1. The molecule has 0 amide bonds. The first kappa shape index (κ1) is 13.1. The molecule has 0 spiro atoms. The van der Waals surface area contributed by atoms with Gasteiger partial charge >= 0.3 is 0 Å². The van der Waals surface area contributed by atoms with E-state index in [9.17, 15) is 5.11 Å². The Morgan fingerprint density at radius 2 is 1.52 bits per heavy atom. The first-order valence-electron chi connectivity index (χ1n) is 7.94. The fourth-order valence-corrected chi connectivity index (χ4v) is 3.90. The van der Waals surface area contributed by atoms with Crippen LogP contribution in [0.4, 0.5) is 0 Å². The first-order valence-corrected chi connectivity index (χ1v) is 7.94. The Kier molecular flexibility index (Phi) is 3.28. The van der Waals surface area contributed by atoms with Crippen molar-refractivity contribution < 1.29 is 5.11 Å². The van der Waals surface area contributed by atoms with Gasteiger partial charge in [-0.15, -0.1) is 0 Å². The summed E-state index contributed by atoms with van der Waals surface area (Å²) < 4.78 is 0. The molecule has 0 bridgehead atoms. The second-order valence-corrected chi connectivity index (χ2v) is 6.27. The van der Waals surface area contributed by atoms with E-state index in [2.05, 4.69) is 53.8 Å². The van der Waals surface area contributed by atoms with Crippen molar-refractivity contribution in [2.75, 3.05) is 6.54 Å². The molecule has 2 aliphatic rings. The molecule has 2 atom stereocenters. The number of benzene rings is 2. The average molecular weight is 279 g/mol. The smallest absolute Gasteiger partial charge is 0.0589 e. The number of nitrogens with one attached hydrogen (secondary N) is 1. The Bertz CT molecular complexity index is 606. The van der Waals surface area contributed by atoms with E-state index in [0.29, 0.717) is 5.92 Å². The molecule has 4 rings (SSSR count). The molecular weight excluding hydrogens is 258 g/mol. The highest BCUT2D eigenvalue weighted by molar-refractivity contribution is 5.78. The zero-order valence-corrected chi connectivity index (χ0v) is 12.1. The number of hydrogen-bond donors (Lipinski definition) is 2. The highest BCUT2D eigenvalue weighted by Crippen LogP contribution is 2.43. The van der Waals surface area contributed by atoms with E-state index in [1.54, 1.807) is 0 Å². The third kappa shape index (κ3) is 2.19. The molecule has 0 aromatic heterocycles. The number of rotatable bonds is 3. The molecule has 1 saturated carbocycles. The minimum atomic E-state index is -0.121. The normalized spacial score (nSPS) is 24.0. The molecule has 2 unspecified atom stereocenters. The summed E-state index contributed by atoms with van der Waals surface area (Å²) in [5, 5.41) is 13.7. The Morgan fingerprint density at radius 3 is 2.10 bits per heavy atom. The molecule has 2 aliphatic carbocycles. The molecule has 0 aliphatic heterocycles. The monoisotopic (exact) mass is 279 g/mol. The van der Waals surface area contributed by atoms with Gasteiger partial charge in [0.2, 0.25) is 0 Å². The highest BCUT2D eigenvalue weighted by Gasteiger charge is 2.30. The van der Waals surface area contributed by atoms with Crippen LogP contribution in [0.25, 0.3) is 11.1 Å². The fraction of sp³-hybridized carbons (Fsp3) is 0.368. The van der Waals surface area contributed by atoms with Crippen LogP contribution in [0.1, 0.15) is 36.4 Å². The van der Waals surface area contributed by atoms with Crippen LogP contribution in [0.5, 0.6) is 0 Å². The maximum atomic E-state index is 10.0. The summed E-state index contributed by atoms with van der Waals surface area (Å²) >= 11 is 0. The van der Waals surface area contributed by atoms with Crippen molar-refractivity contribution in [3.05, 3.63) is 59.7 Å². The SMILES string of the molecule is OC1CCCC1CNC1c2ccccc2-c2ccccc21. The topological polar surface area (TPSA) is 32.3 Å². The molecule has 2 N–H and O–H groups in total. The number of hydrogen-bond acceptors (Lipinski definition) is 2. The molecule has 21 heavy (non-hydrogen) atoms. The predicted octanol–water partition coefficient (Wildman–Crippen LogP) is 3.51. The summed E-state index contributed by atoms with van der Waals surface area (Å²) in [7, 11) is 0. The second-order valence-electron chi connectivity index (χ2n) is 6.27. The molecule has 0 heterocycles. The summed E-state index contributed by atoms with van der Waals surface area (Å²) in [6.07, 6.45) is 3.14. The van der Waals surface area contributed by atoms with Crippen molar-refractivity contribution in [2.24, 2.45) is 5.92 Å². The number of fused-ring (bicyclic) bond motifs is 3. The third-order valence-corrected chi connectivity index (χ3v) is 5.04. The molecule has 0 radical (unpaired) electrons. The van der Waals surface area contributed by atoms with Gasteiger partial charge in [0, 0.05) is 6.54 Å². The van der Waals surface area contributed by atoms with Gasteiger partial charge in [-0.3, -0.25) is 0 Å². The Labute approximate surface area is 125 Å². The van der Waals surface area contributed by atoms with E-state index in [1.165, 1.54) is 22.3 Å². The predicted molar refractivity (Wildman–Crippen MR) is 85.1 cm³/mol. The van der Waals surface area contributed by atoms with Gasteiger partial charge in [0.1, 0.15) is 0 Å². The molecule has 2 aromatic carbocycles. The lowest BCUT2D eigenvalue weighted by molar-refractivity contribution is 0.130. The maximum absolute atomic E-state index is 10.0. The number of aliphatic hydroxyl groups excluding tert-OH is 1. The van der Waals surface area contributed by atoms with E-state index >= 15 is 0 Å². The van der Waals surface area contributed by atoms with Crippen LogP contribution in [0, 0.1) is 5.92 Å². The minimum absolute atomic E-state index is 0.121. The fourth-order valence-electron chi connectivity index (χ4n) is 3.90. The highest BCUT2D eigenvalue weighted by atomic mass is 16.3. The molecule has 0 saturated heterocycles. The lowest BCUT2D eigenvalue weighted by atomic mass is 10.0. The van der Waals surface area contributed by atoms with Crippen molar-refractivity contribution in [1.29, 1.82) is 0 Å². The maximum Gasteiger partial charge on any atom is 0.0589 e. The third-order valence-electron chi connectivity index (χ3n) is 5.04. The van der Waals surface area contributed by atoms with Crippen molar-refractivity contribution in [1.82, 2.24) is 5.32 Å². The van der Waals surface area contributed by atoms with Gasteiger partial charge in [0.15, 0.2) is 0 Å². The Hall–Kier alpha value is -1.64. The quantitative estimate of drug-likeness (QED) is 0.901. The molecule has 108 valence electrons. The van der Waals surface area contributed by atoms with Crippen LogP contribution in [0.2, 0.25) is 0 Å². The van der Waals surface area contributed by atoms with Crippen LogP contribution < -0.4 is 5.32 Å². The van der Waals surface area contributed by atoms with E-state index in [-0.39, 0.29) is 12.1 Å². The standard InChI is InChI=1S/C19H21NO/c21-18-11-5-6-13(18)12-20-19-16-9-3-1-7-14(16)15-8-2-4-10-17(15)19/h1-4,7-10,13,18-21H,5-6,11-12H2. The van der Waals surface area contributed by atoms with E-state index in [0.717, 1.165) is 25.8 Å². The van der Waals surface area contributed by atoms with Crippen molar-refractivity contribution in [2.45, 2.75) is 31.4 Å². The largest absolute Gasteiger partial charge is 0.393 e. The zero-order chi connectivity index (χ0) is 14.2. The van der Waals surface area contributed by atoms with Gasteiger partial charge in [-0.05, 0) is 41.0 Å². The van der Waals surface area contributed by atoms with Crippen LogP contribution in [-0.4, -0.2) is 17.8 Å². The molecule has 2 heteroatoms. The van der Waals surface area contributed by atoms with Crippen molar-refractivity contribution in [3.8, 4) is 11.1 Å². The summed E-state index contributed by atoms with van der Waals surface area (Å²) in [5.41, 5.74) is 5.42. The summed E-state index contributed by atoms with van der Waals surface area (Å²) in [4.78, 5) is 0.